The number of benzene rings is 1. The van der Waals surface area contributed by atoms with Crippen LogP contribution in [0.2, 0.25) is 5.02 Å². The Balaban J connectivity index is 2.28. The second-order valence-electron chi connectivity index (χ2n) is 3.75. The topological polar surface area (TPSA) is 21.3 Å². The van der Waals surface area contributed by atoms with Crippen molar-refractivity contribution >= 4 is 23.2 Å². The predicted octanol–water partition coefficient (Wildman–Crippen LogP) is 3.21. The van der Waals surface area contributed by atoms with Gasteiger partial charge in [-0.15, -0.1) is 11.6 Å². The van der Waals surface area contributed by atoms with Gasteiger partial charge in [-0.25, -0.2) is 4.39 Å². The first-order valence-electron chi connectivity index (χ1n) is 5.41. The van der Waals surface area contributed by atoms with Gasteiger partial charge >= 0.3 is 0 Å². The number of halogens is 3. The number of ether oxygens (including phenoxy) is 1. The van der Waals surface area contributed by atoms with Crippen molar-refractivity contribution in [1.82, 2.24) is 5.32 Å². The molecule has 1 unspecified atom stereocenters. The van der Waals surface area contributed by atoms with E-state index in [-0.39, 0.29) is 11.2 Å². The third-order valence-corrected chi connectivity index (χ3v) is 3.02. The van der Waals surface area contributed by atoms with E-state index in [1.54, 1.807) is 13.2 Å². The maximum atomic E-state index is 13.0. The van der Waals surface area contributed by atoms with Crippen LogP contribution in [-0.4, -0.2) is 25.6 Å². The van der Waals surface area contributed by atoms with Crippen molar-refractivity contribution in [2.24, 2.45) is 0 Å². The van der Waals surface area contributed by atoms with Crippen LogP contribution in [-0.2, 0) is 11.3 Å². The lowest BCUT2D eigenvalue weighted by molar-refractivity contribution is 0.195. The van der Waals surface area contributed by atoms with Gasteiger partial charge in [-0.1, -0.05) is 11.6 Å². The summed E-state index contributed by atoms with van der Waals surface area (Å²) in [6, 6.07) is 4.34. The van der Waals surface area contributed by atoms with Crippen LogP contribution in [0.1, 0.15) is 12.0 Å². The minimum absolute atomic E-state index is 0.00418. The van der Waals surface area contributed by atoms with Crippen molar-refractivity contribution in [2.45, 2.75) is 18.3 Å². The van der Waals surface area contributed by atoms with E-state index >= 15 is 0 Å². The molecule has 0 aliphatic heterocycles. The first-order chi connectivity index (χ1) is 8.13. The zero-order chi connectivity index (χ0) is 12.7. The number of alkyl halides is 1. The van der Waals surface area contributed by atoms with Crippen LogP contribution in [0.4, 0.5) is 4.39 Å². The molecule has 0 aliphatic rings. The number of methoxy groups -OCH3 is 1. The normalized spacial score (nSPS) is 12.7. The lowest BCUT2D eigenvalue weighted by Crippen LogP contribution is -2.20. The van der Waals surface area contributed by atoms with Crippen LogP contribution < -0.4 is 5.32 Å². The van der Waals surface area contributed by atoms with Gasteiger partial charge in [-0.05, 0) is 36.7 Å². The highest BCUT2D eigenvalue weighted by Crippen LogP contribution is 2.16. The van der Waals surface area contributed by atoms with E-state index in [0.717, 1.165) is 18.5 Å². The van der Waals surface area contributed by atoms with Gasteiger partial charge in [0.05, 0.1) is 12.0 Å². The van der Waals surface area contributed by atoms with E-state index in [2.05, 4.69) is 5.32 Å². The molecule has 0 heterocycles. The molecule has 0 radical (unpaired) electrons. The lowest BCUT2D eigenvalue weighted by Gasteiger charge is -2.10. The Labute approximate surface area is 111 Å². The van der Waals surface area contributed by atoms with Gasteiger partial charge in [0.1, 0.15) is 5.82 Å². The van der Waals surface area contributed by atoms with Crippen molar-refractivity contribution in [3.8, 4) is 0 Å². The molecular formula is C12H16Cl2FNO. The average molecular weight is 280 g/mol. The molecule has 1 rings (SSSR count). The Kier molecular flexibility index (Phi) is 6.82. The molecule has 0 saturated carbocycles. The Hall–Kier alpha value is -0.350. The highest BCUT2D eigenvalue weighted by Gasteiger charge is 2.04. The number of hydrogen-bond acceptors (Lipinski definition) is 2. The maximum absolute atomic E-state index is 13.0. The third kappa shape index (κ3) is 5.68. The molecule has 96 valence electrons. The zero-order valence-electron chi connectivity index (χ0n) is 9.68. The summed E-state index contributed by atoms with van der Waals surface area (Å²) in [7, 11) is 1.62. The van der Waals surface area contributed by atoms with Gasteiger partial charge in [0, 0.05) is 18.7 Å². The summed E-state index contributed by atoms with van der Waals surface area (Å²) >= 11 is 11.9. The van der Waals surface area contributed by atoms with E-state index in [0.29, 0.717) is 18.2 Å². The molecule has 0 amide bonds. The Morgan fingerprint density at radius 1 is 1.47 bits per heavy atom. The van der Waals surface area contributed by atoms with Crippen LogP contribution in [0.25, 0.3) is 0 Å². The molecule has 1 atom stereocenters. The standard InChI is InChI=1S/C12H16Cl2FNO/c1-17-8-10(13)4-5-16-7-9-6-11(15)2-3-12(9)14/h2-3,6,10,16H,4-5,7-8H2,1H3. The molecule has 5 heteroatoms. The van der Waals surface area contributed by atoms with Crippen LogP contribution in [0.3, 0.4) is 0 Å². The summed E-state index contributed by atoms with van der Waals surface area (Å²) in [5.41, 5.74) is 0.754. The number of nitrogens with one attached hydrogen (secondary N) is 1. The van der Waals surface area contributed by atoms with Crippen LogP contribution in [0, 0.1) is 5.82 Å². The summed E-state index contributed by atoms with van der Waals surface area (Å²) < 4.78 is 17.9. The maximum Gasteiger partial charge on any atom is 0.123 e. The largest absolute Gasteiger partial charge is 0.383 e. The SMILES string of the molecule is COCC(Cl)CCNCc1cc(F)ccc1Cl. The van der Waals surface area contributed by atoms with Gasteiger partial charge in [-0.3, -0.25) is 0 Å². The molecule has 0 spiro atoms. The highest BCUT2D eigenvalue weighted by atomic mass is 35.5. The molecule has 0 saturated heterocycles. The predicted molar refractivity (Wildman–Crippen MR) is 69.3 cm³/mol. The summed E-state index contributed by atoms with van der Waals surface area (Å²) in [6.07, 6.45) is 0.794. The quantitative estimate of drug-likeness (QED) is 0.611. The van der Waals surface area contributed by atoms with E-state index < -0.39 is 0 Å². The monoisotopic (exact) mass is 279 g/mol. The van der Waals surface area contributed by atoms with E-state index in [9.17, 15) is 4.39 Å². The van der Waals surface area contributed by atoms with E-state index in [4.69, 9.17) is 27.9 Å². The van der Waals surface area contributed by atoms with Gasteiger partial charge in [-0.2, -0.15) is 0 Å². The summed E-state index contributed by atoms with van der Waals surface area (Å²) in [6.45, 7) is 1.81. The lowest BCUT2D eigenvalue weighted by atomic mass is 10.2. The molecule has 0 fully saturated rings. The third-order valence-electron chi connectivity index (χ3n) is 2.31. The molecule has 0 aliphatic carbocycles. The zero-order valence-corrected chi connectivity index (χ0v) is 11.2. The molecular weight excluding hydrogens is 264 g/mol. The molecule has 0 bridgehead atoms. The fourth-order valence-corrected chi connectivity index (χ4v) is 1.84. The smallest absolute Gasteiger partial charge is 0.123 e. The molecule has 1 N–H and O–H groups in total. The second kappa shape index (κ2) is 7.88. The van der Waals surface area contributed by atoms with E-state index in [1.807, 2.05) is 0 Å². The van der Waals surface area contributed by atoms with Gasteiger partial charge < -0.3 is 10.1 Å². The molecule has 17 heavy (non-hydrogen) atoms. The molecule has 1 aromatic rings. The minimum atomic E-state index is -0.277. The van der Waals surface area contributed by atoms with Crippen LogP contribution >= 0.6 is 23.2 Å². The molecule has 0 aromatic heterocycles. The number of hydrogen-bond donors (Lipinski definition) is 1. The Bertz CT molecular complexity index is 349. The first kappa shape index (κ1) is 14.7. The van der Waals surface area contributed by atoms with Gasteiger partial charge in [0.15, 0.2) is 0 Å². The Morgan fingerprint density at radius 3 is 2.94 bits per heavy atom. The molecule has 1 aromatic carbocycles. The van der Waals surface area contributed by atoms with Crippen molar-refractivity contribution in [2.75, 3.05) is 20.3 Å². The average Bonchev–Trinajstić information content (AvgIpc) is 2.29. The van der Waals surface area contributed by atoms with Crippen molar-refractivity contribution in [3.63, 3.8) is 0 Å². The number of rotatable bonds is 7. The highest BCUT2D eigenvalue weighted by molar-refractivity contribution is 6.31. The van der Waals surface area contributed by atoms with Crippen molar-refractivity contribution in [1.29, 1.82) is 0 Å². The molecule has 2 nitrogen and oxygen atoms in total. The van der Waals surface area contributed by atoms with E-state index in [1.165, 1.54) is 12.1 Å². The van der Waals surface area contributed by atoms with Gasteiger partial charge in [0.2, 0.25) is 0 Å². The van der Waals surface area contributed by atoms with Gasteiger partial charge in [0.25, 0.3) is 0 Å². The van der Waals surface area contributed by atoms with Crippen molar-refractivity contribution < 1.29 is 9.13 Å². The second-order valence-corrected chi connectivity index (χ2v) is 4.78. The van der Waals surface area contributed by atoms with Crippen LogP contribution in [0.15, 0.2) is 18.2 Å². The van der Waals surface area contributed by atoms with Crippen molar-refractivity contribution in [3.05, 3.63) is 34.6 Å². The summed E-state index contributed by atoms with van der Waals surface area (Å²) in [5.74, 6) is -0.277. The minimum Gasteiger partial charge on any atom is -0.383 e. The first-order valence-corrected chi connectivity index (χ1v) is 6.22. The summed E-state index contributed by atoms with van der Waals surface area (Å²) in [4.78, 5) is 0. The fourth-order valence-electron chi connectivity index (χ4n) is 1.42. The van der Waals surface area contributed by atoms with Crippen LogP contribution in [0.5, 0.6) is 0 Å². The Morgan fingerprint density at radius 2 is 2.24 bits per heavy atom. The fraction of sp³-hybridized carbons (Fsp3) is 0.500. The summed E-state index contributed by atoms with van der Waals surface area (Å²) in [5, 5.41) is 3.73.